The zero-order valence-corrected chi connectivity index (χ0v) is 11.7. The van der Waals surface area contributed by atoms with Gasteiger partial charge in [0.25, 0.3) is 0 Å². The van der Waals surface area contributed by atoms with Crippen molar-refractivity contribution in [3.63, 3.8) is 0 Å². The van der Waals surface area contributed by atoms with Crippen LogP contribution >= 0.6 is 0 Å². The molecule has 4 heteroatoms. The molecule has 0 aliphatic rings. The quantitative estimate of drug-likeness (QED) is 0.847. The molecule has 0 saturated heterocycles. The minimum atomic E-state index is 0.0788. The van der Waals surface area contributed by atoms with Gasteiger partial charge in [0.2, 0.25) is 5.91 Å². The van der Waals surface area contributed by atoms with Crippen LogP contribution in [0.2, 0.25) is 0 Å². The molecule has 1 atom stereocenters. The van der Waals surface area contributed by atoms with Crippen molar-refractivity contribution in [3.8, 4) is 0 Å². The van der Waals surface area contributed by atoms with Crippen molar-refractivity contribution in [3.05, 3.63) is 35.4 Å². The molecule has 0 bridgehead atoms. The Bertz CT molecular complexity index is 404. The second kappa shape index (κ2) is 6.52. The topological polar surface area (TPSA) is 49.6 Å². The number of nitrogens with zero attached hydrogens (tertiary/aromatic N) is 2. The Morgan fingerprint density at radius 2 is 1.89 bits per heavy atom. The summed E-state index contributed by atoms with van der Waals surface area (Å²) in [5, 5.41) is 0. The molecule has 2 N–H and O–H groups in total. The summed E-state index contributed by atoms with van der Waals surface area (Å²) in [5.74, 6) is 0.0875. The molecule has 1 amide bonds. The summed E-state index contributed by atoms with van der Waals surface area (Å²) >= 11 is 0. The van der Waals surface area contributed by atoms with Crippen molar-refractivity contribution < 1.29 is 4.79 Å². The number of hydrogen-bond donors (Lipinski definition) is 1. The molecular formula is C14H23N3O. The number of rotatable bonds is 5. The second-order valence-corrected chi connectivity index (χ2v) is 4.81. The highest BCUT2D eigenvalue weighted by atomic mass is 16.2. The molecular weight excluding hydrogens is 226 g/mol. The molecule has 0 heterocycles. The van der Waals surface area contributed by atoms with Crippen LogP contribution in [0.5, 0.6) is 0 Å². The predicted molar refractivity (Wildman–Crippen MR) is 74.3 cm³/mol. The van der Waals surface area contributed by atoms with E-state index in [1.54, 1.807) is 19.0 Å². The molecule has 1 unspecified atom stereocenters. The third-order valence-corrected chi connectivity index (χ3v) is 3.19. The van der Waals surface area contributed by atoms with Gasteiger partial charge in [-0.2, -0.15) is 0 Å². The summed E-state index contributed by atoms with van der Waals surface area (Å²) in [6.07, 6.45) is 0. The van der Waals surface area contributed by atoms with Crippen molar-refractivity contribution in [1.82, 2.24) is 9.80 Å². The van der Waals surface area contributed by atoms with Crippen LogP contribution in [0.4, 0.5) is 0 Å². The summed E-state index contributed by atoms with van der Waals surface area (Å²) < 4.78 is 0. The van der Waals surface area contributed by atoms with E-state index in [0.717, 1.165) is 0 Å². The van der Waals surface area contributed by atoms with E-state index in [-0.39, 0.29) is 11.9 Å². The van der Waals surface area contributed by atoms with Crippen molar-refractivity contribution in [2.45, 2.75) is 13.0 Å². The van der Waals surface area contributed by atoms with Crippen LogP contribution in [0.3, 0.4) is 0 Å². The normalized spacial score (nSPS) is 12.6. The highest BCUT2D eigenvalue weighted by Crippen LogP contribution is 2.21. The van der Waals surface area contributed by atoms with Gasteiger partial charge >= 0.3 is 0 Å². The average molecular weight is 249 g/mol. The summed E-state index contributed by atoms with van der Waals surface area (Å²) in [6, 6.07) is 8.24. The van der Waals surface area contributed by atoms with E-state index in [4.69, 9.17) is 5.73 Å². The zero-order chi connectivity index (χ0) is 13.7. The lowest BCUT2D eigenvalue weighted by atomic mass is 10.0. The molecule has 0 aliphatic carbocycles. The van der Waals surface area contributed by atoms with E-state index in [0.29, 0.717) is 13.1 Å². The van der Waals surface area contributed by atoms with Crippen LogP contribution < -0.4 is 5.73 Å². The monoisotopic (exact) mass is 249 g/mol. The Morgan fingerprint density at radius 3 is 2.39 bits per heavy atom. The molecule has 4 nitrogen and oxygen atoms in total. The minimum Gasteiger partial charge on any atom is -0.348 e. The van der Waals surface area contributed by atoms with Gasteiger partial charge in [-0.25, -0.2) is 0 Å². The summed E-state index contributed by atoms with van der Waals surface area (Å²) in [6.45, 7) is 2.95. The van der Waals surface area contributed by atoms with Gasteiger partial charge in [0, 0.05) is 26.7 Å². The number of benzene rings is 1. The maximum Gasteiger partial charge on any atom is 0.236 e. The van der Waals surface area contributed by atoms with E-state index in [1.165, 1.54) is 11.1 Å². The maximum atomic E-state index is 11.7. The van der Waals surface area contributed by atoms with Gasteiger partial charge in [-0.05, 0) is 25.1 Å². The highest BCUT2D eigenvalue weighted by molar-refractivity contribution is 5.77. The van der Waals surface area contributed by atoms with Gasteiger partial charge in [0.15, 0.2) is 0 Å². The number of hydrogen-bond acceptors (Lipinski definition) is 3. The van der Waals surface area contributed by atoms with Gasteiger partial charge < -0.3 is 10.6 Å². The summed E-state index contributed by atoms with van der Waals surface area (Å²) in [7, 11) is 5.47. The zero-order valence-electron chi connectivity index (χ0n) is 11.7. The van der Waals surface area contributed by atoms with Crippen LogP contribution in [0.15, 0.2) is 24.3 Å². The number of carbonyl (C=O) groups excluding carboxylic acids is 1. The van der Waals surface area contributed by atoms with Crippen LogP contribution in [0, 0.1) is 6.92 Å². The number of aryl methyl sites for hydroxylation is 1. The number of carbonyl (C=O) groups is 1. The van der Waals surface area contributed by atoms with E-state index in [1.807, 2.05) is 24.1 Å². The number of nitrogens with two attached hydrogens (primary N) is 1. The fraction of sp³-hybridized carbons (Fsp3) is 0.500. The Hall–Kier alpha value is -1.39. The molecule has 0 spiro atoms. The van der Waals surface area contributed by atoms with E-state index in [9.17, 15) is 4.79 Å². The lowest BCUT2D eigenvalue weighted by Crippen LogP contribution is -2.39. The minimum absolute atomic E-state index is 0.0788. The van der Waals surface area contributed by atoms with Crippen LogP contribution in [0.25, 0.3) is 0 Å². The van der Waals surface area contributed by atoms with Crippen LogP contribution in [-0.4, -0.2) is 49.9 Å². The largest absolute Gasteiger partial charge is 0.348 e. The lowest BCUT2D eigenvalue weighted by Gasteiger charge is -2.28. The van der Waals surface area contributed by atoms with Crippen LogP contribution in [-0.2, 0) is 4.79 Å². The van der Waals surface area contributed by atoms with Crippen molar-refractivity contribution in [2.75, 3.05) is 34.2 Å². The number of amides is 1. The third kappa shape index (κ3) is 3.55. The van der Waals surface area contributed by atoms with E-state index >= 15 is 0 Å². The number of likely N-dealkylation sites (N-methyl/N-ethyl adjacent to an activating group) is 2. The fourth-order valence-corrected chi connectivity index (χ4v) is 1.97. The van der Waals surface area contributed by atoms with Gasteiger partial charge in [-0.15, -0.1) is 0 Å². The van der Waals surface area contributed by atoms with Crippen molar-refractivity contribution in [2.24, 2.45) is 5.73 Å². The molecule has 0 aromatic heterocycles. The van der Waals surface area contributed by atoms with Gasteiger partial charge in [0.05, 0.1) is 6.54 Å². The van der Waals surface area contributed by atoms with E-state index in [2.05, 4.69) is 19.1 Å². The predicted octanol–water partition coefficient (Wildman–Crippen LogP) is 1.01. The molecule has 100 valence electrons. The van der Waals surface area contributed by atoms with Gasteiger partial charge in [-0.1, -0.05) is 24.3 Å². The molecule has 0 aliphatic heterocycles. The Labute approximate surface area is 109 Å². The van der Waals surface area contributed by atoms with Crippen molar-refractivity contribution >= 4 is 5.91 Å². The molecule has 18 heavy (non-hydrogen) atoms. The second-order valence-electron chi connectivity index (χ2n) is 4.81. The molecule has 0 fully saturated rings. The van der Waals surface area contributed by atoms with Gasteiger partial charge in [-0.3, -0.25) is 9.69 Å². The van der Waals surface area contributed by atoms with Crippen LogP contribution in [0.1, 0.15) is 17.2 Å². The smallest absolute Gasteiger partial charge is 0.236 e. The Balaban J connectivity index is 2.84. The molecule has 1 rings (SSSR count). The van der Waals surface area contributed by atoms with Gasteiger partial charge in [0.1, 0.15) is 0 Å². The maximum absolute atomic E-state index is 11.7. The SMILES string of the molecule is Cc1ccccc1C(CN)N(C)CC(=O)N(C)C. The molecule has 0 radical (unpaired) electrons. The molecule has 1 aromatic carbocycles. The highest BCUT2D eigenvalue weighted by Gasteiger charge is 2.19. The standard InChI is InChI=1S/C14H23N3O/c1-11-7-5-6-8-12(11)13(9-15)17(4)10-14(18)16(2)3/h5-8,13H,9-10,15H2,1-4H3. The average Bonchev–Trinajstić information content (AvgIpc) is 2.32. The fourth-order valence-electron chi connectivity index (χ4n) is 1.97. The third-order valence-electron chi connectivity index (χ3n) is 3.19. The molecule has 1 aromatic rings. The lowest BCUT2D eigenvalue weighted by molar-refractivity contribution is -0.130. The summed E-state index contributed by atoms with van der Waals surface area (Å²) in [4.78, 5) is 15.3. The Kier molecular flexibility index (Phi) is 5.31. The first kappa shape index (κ1) is 14.7. The van der Waals surface area contributed by atoms with E-state index < -0.39 is 0 Å². The van der Waals surface area contributed by atoms with Crippen molar-refractivity contribution in [1.29, 1.82) is 0 Å². The summed E-state index contributed by atoms with van der Waals surface area (Å²) in [5.41, 5.74) is 8.25. The first-order valence-corrected chi connectivity index (χ1v) is 6.13. The first-order chi connectivity index (χ1) is 8.47. The Morgan fingerprint density at radius 1 is 1.28 bits per heavy atom. The first-order valence-electron chi connectivity index (χ1n) is 6.13. The molecule has 0 saturated carbocycles.